The zero-order valence-corrected chi connectivity index (χ0v) is 18.5. The lowest BCUT2D eigenvalue weighted by molar-refractivity contribution is 0.631. The molecule has 1 atom stereocenters. The van der Waals surface area contributed by atoms with Crippen LogP contribution < -0.4 is 16.0 Å². The largest absolute Gasteiger partial charge is 0.352 e. The van der Waals surface area contributed by atoms with Crippen molar-refractivity contribution in [3.8, 4) is 11.3 Å². The molecule has 5 rings (SSSR count). The first-order valence-electron chi connectivity index (χ1n) is 10.4. The van der Waals surface area contributed by atoms with Gasteiger partial charge >= 0.3 is 0 Å². The fourth-order valence-corrected chi connectivity index (χ4v) is 4.05. The van der Waals surface area contributed by atoms with Crippen molar-refractivity contribution in [3.05, 3.63) is 64.9 Å². The zero-order valence-electron chi connectivity index (χ0n) is 16.9. The standard InChI is InChI=1S/C22H23BrN8/c23-18-14-28-31-20(18)29-21(26-13-17-4-3-11-24-17)30-22(31)27-12-15-6-8-16(9-7-15)19-5-1-2-10-25-19/h1-2,5-10,14,17,24H,3-4,11-13H2,(H2,26,27,29,30)/t17-/m0/s1. The first-order chi connectivity index (χ1) is 15.3. The van der Waals surface area contributed by atoms with Gasteiger partial charge in [0.25, 0.3) is 0 Å². The van der Waals surface area contributed by atoms with Crippen LogP contribution in [-0.2, 0) is 6.54 Å². The molecule has 0 bridgehead atoms. The van der Waals surface area contributed by atoms with E-state index in [-0.39, 0.29) is 0 Å². The van der Waals surface area contributed by atoms with Crippen LogP contribution in [0.15, 0.2) is 59.3 Å². The summed E-state index contributed by atoms with van der Waals surface area (Å²) in [5.41, 5.74) is 3.93. The molecule has 4 aromatic rings. The van der Waals surface area contributed by atoms with Gasteiger partial charge in [0.15, 0.2) is 5.65 Å². The normalized spacial score (nSPS) is 16.0. The Hall–Kier alpha value is -3.04. The Morgan fingerprint density at radius 2 is 2.00 bits per heavy atom. The molecule has 158 valence electrons. The van der Waals surface area contributed by atoms with Gasteiger partial charge in [0, 0.05) is 30.9 Å². The molecular weight excluding hydrogens is 456 g/mol. The molecule has 1 aromatic carbocycles. The minimum atomic E-state index is 0.460. The van der Waals surface area contributed by atoms with Crippen molar-refractivity contribution in [3.63, 3.8) is 0 Å². The Morgan fingerprint density at radius 1 is 1.10 bits per heavy atom. The fraction of sp³-hybridized carbons (Fsp3) is 0.273. The smallest absolute Gasteiger partial charge is 0.229 e. The Bertz CT molecular complexity index is 1150. The zero-order chi connectivity index (χ0) is 21.0. The third kappa shape index (κ3) is 4.52. The van der Waals surface area contributed by atoms with Crippen LogP contribution in [0.4, 0.5) is 11.9 Å². The van der Waals surface area contributed by atoms with Crippen LogP contribution in [0.3, 0.4) is 0 Å². The number of pyridine rings is 1. The summed E-state index contributed by atoms with van der Waals surface area (Å²) in [4.78, 5) is 13.7. The molecule has 1 aliphatic heterocycles. The Kier molecular flexibility index (Phi) is 5.77. The summed E-state index contributed by atoms with van der Waals surface area (Å²) in [7, 11) is 0. The SMILES string of the molecule is Brc1cnn2c(NCc3ccc(-c4ccccn4)cc3)nc(NC[C@@H]3CCCN3)nc12. The highest BCUT2D eigenvalue weighted by atomic mass is 79.9. The highest BCUT2D eigenvalue weighted by Crippen LogP contribution is 2.21. The third-order valence-corrected chi connectivity index (χ3v) is 5.92. The molecule has 1 fully saturated rings. The maximum atomic E-state index is 4.66. The van der Waals surface area contributed by atoms with Crippen LogP contribution in [0.2, 0.25) is 0 Å². The van der Waals surface area contributed by atoms with E-state index in [0.717, 1.165) is 40.0 Å². The van der Waals surface area contributed by atoms with E-state index >= 15 is 0 Å². The van der Waals surface area contributed by atoms with Crippen molar-refractivity contribution >= 4 is 33.5 Å². The van der Waals surface area contributed by atoms with Gasteiger partial charge in [0.2, 0.25) is 11.9 Å². The van der Waals surface area contributed by atoms with E-state index in [2.05, 4.69) is 76.2 Å². The second-order valence-corrected chi connectivity index (χ2v) is 8.39. The van der Waals surface area contributed by atoms with Gasteiger partial charge in [0.05, 0.1) is 16.4 Å². The van der Waals surface area contributed by atoms with Gasteiger partial charge in [-0.3, -0.25) is 4.98 Å². The van der Waals surface area contributed by atoms with Crippen LogP contribution in [0.25, 0.3) is 16.9 Å². The van der Waals surface area contributed by atoms with Gasteiger partial charge in [0.1, 0.15) is 0 Å². The first kappa shape index (κ1) is 19.9. The van der Waals surface area contributed by atoms with E-state index < -0.39 is 0 Å². The van der Waals surface area contributed by atoms with Gasteiger partial charge in [-0.25, -0.2) is 0 Å². The molecule has 1 saturated heterocycles. The van der Waals surface area contributed by atoms with Crippen molar-refractivity contribution in [1.82, 2.24) is 29.9 Å². The maximum absolute atomic E-state index is 4.66. The molecule has 9 heteroatoms. The molecular formula is C22H23BrN8. The fourth-order valence-electron chi connectivity index (χ4n) is 3.70. The Labute approximate surface area is 188 Å². The number of hydrogen-bond acceptors (Lipinski definition) is 7. The van der Waals surface area contributed by atoms with E-state index in [1.54, 1.807) is 10.7 Å². The van der Waals surface area contributed by atoms with Crippen molar-refractivity contribution in [2.75, 3.05) is 23.7 Å². The third-order valence-electron chi connectivity index (χ3n) is 5.36. The topological polar surface area (TPSA) is 92.1 Å². The van der Waals surface area contributed by atoms with Crippen LogP contribution in [0, 0.1) is 0 Å². The van der Waals surface area contributed by atoms with Crippen LogP contribution in [-0.4, -0.2) is 43.7 Å². The molecule has 0 amide bonds. The van der Waals surface area contributed by atoms with Crippen molar-refractivity contribution in [2.24, 2.45) is 0 Å². The molecule has 4 heterocycles. The molecule has 0 radical (unpaired) electrons. The highest BCUT2D eigenvalue weighted by molar-refractivity contribution is 9.10. The lowest BCUT2D eigenvalue weighted by Gasteiger charge is -2.13. The summed E-state index contributed by atoms with van der Waals surface area (Å²) >= 11 is 3.53. The molecule has 0 spiro atoms. The number of nitrogens with zero attached hydrogens (tertiary/aromatic N) is 5. The van der Waals surface area contributed by atoms with E-state index in [0.29, 0.717) is 24.5 Å². The second-order valence-electron chi connectivity index (χ2n) is 7.54. The van der Waals surface area contributed by atoms with Gasteiger partial charge in [-0.15, -0.1) is 0 Å². The molecule has 31 heavy (non-hydrogen) atoms. The predicted octanol–water partition coefficient (Wildman–Crippen LogP) is 3.72. The quantitative estimate of drug-likeness (QED) is 0.372. The summed E-state index contributed by atoms with van der Waals surface area (Å²) in [5.74, 6) is 1.24. The summed E-state index contributed by atoms with van der Waals surface area (Å²) in [5, 5.41) is 14.6. The van der Waals surface area contributed by atoms with Crippen molar-refractivity contribution < 1.29 is 0 Å². The van der Waals surface area contributed by atoms with E-state index in [4.69, 9.17) is 0 Å². The van der Waals surface area contributed by atoms with E-state index in [1.807, 2.05) is 24.4 Å². The minimum absolute atomic E-state index is 0.460. The number of hydrogen-bond donors (Lipinski definition) is 3. The van der Waals surface area contributed by atoms with Gasteiger partial charge in [-0.05, 0) is 53.0 Å². The Morgan fingerprint density at radius 3 is 2.77 bits per heavy atom. The molecule has 0 aliphatic carbocycles. The molecule has 3 aromatic heterocycles. The van der Waals surface area contributed by atoms with Crippen LogP contribution >= 0.6 is 15.9 Å². The maximum Gasteiger partial charge on any atom is 0.229 e. The molecule has 3 N–H and O–H groups in total. The molecule has 0 unspecified atom stereocenters. The molecule has 0 saturated carbocycles. The monoisotopic (exact) mass is 478 g/mol. The lowest BCUT2D eigenvalue weighted by Crippen LogP contribution is -2.30. The molecule has 1 aliphatic rings. The average molecular weight is 479 g/mol. The number of aromatic nitrogens is 5. The predicted molar refractivity (Wildman–Crippen MR) is 125 cm³/mol. The molecule has 8 nitrogen and oxygen atoms in total. The first-order valence-corrected chi connectivity index (χ1v) is 11.2. The number of benzene rings is 1. The van der Waals surface area contributed by atoms with Crippen LogP contribution in [0.1, 0.15) is 18.4 Å². The van der Waals surface area contributed by atoms with Gasteiger partial charge in [-0.1, -0.05) is 30.3 Å². The number of nitrogens with one attached hydrogen (secondary N) is 3. The van der Waals surface area contributed by atoms with Gasteiger partial charge in [-0.2, -0.15) is 19.6 Å². The lowest BCUT2D eigenvalue weighted by atomic mass is 10.1. The highest BCUT2D eigenvalue weighted by Gasteiger charge is 2.16. The number of fused-ring (bicyclic) bond motifs is 1. The minimum Gasteiger partial charge on any atom is -0.352 e. The summed E-state index contributed by atoms with van der Waals surface area (Å²) in [6.07, 6.45) is 5.93. The van der Waals surface area contributed by atoms with Gasteiger partial charge < -0.3 is 16.0 Å². The number of halogens is 1. The summed E-state index contributed by atoms with van der Waals surface area (Å²) in [6, 6.07) is 14.7. The van der Waals surface area contributed by atoms with Crippen molar-refractivity contribution in [2.45, 2.75) is 25.4 Å². The van der Waals surface area contributed by atoms with Crippen LogP contribution in [0.5, 0.6) is 0 Å². The Balaban J connectivity index is 1.32. The number of rotatable bonds is 7. The average Bonchev–Trinajstić information content (AvgIpc) is 3.47. The second kappa shape index (κ2) is 8.99. The van der Waals surface area contributed by atoms with Crippen molar-refractivity contribution in [1.29, 1.82) is 0 Å². The van der Waals surface area contributed by atoms with E-state index in [1.165, 1.54) is 12.8 Å². The van der Waals surface area contributed by atoms with E-state index in [9.17, 15) is 0 Å². The number of anilines is 2. The summed E-state index contributed by atoms with van der Waals surface area (Å²) < 4.78 is 2.55. The summed E-state index contributed by atoms with van der Waals surface area (Å²) in [6.45, 7) is 2.50.